The highest BCUT2D eigenvalue weighted by molar-refractivity contribution is 7.91. The maximum Gasteiger partial charge on any atom is 0.203 e. The molecule has 0 amide bonds. The lowest BCUT2D eigenvalue weighted by atomic mass is 10.0. The second kappa shape index (κ2) is 3.69. The van der Waals surface area contributed by atoms with Crippen LogP contribution in [0.2, 0.25) is 0 Å². The molecule has 3 heterocycles. The summed E-state index contributed by atoms with van der Waals surface area (Å²) < 4.78 is 25.3. The molecule has 6 nitrogen and oxygen atoms in total. The van der Waals surface area contributed by atoms with Crippen LogP contribution in [-0.4, -0.2) is 34.5 Å². The van der Waals surface area contributed by atoms with Crippen LogP contribution in [0.3, 0.4) is 0 Å². The minimum atomic E-state index is -3.01. The number of hydrogen-bond acceptors (Lipinski definition) is 5. The van der Waals surface area contributed by atoms with Crippen molar-refractivity contribution in [2.75, 3.05) is 17.2 Å². The first-order valence-corrected chi connectivity index (χ1v) is 7.95. The Kier molecular flexibility index (Phi) is 2.41. The van der Waals surface area contributed by atoms with Crippen LogP contribution in [0.5, 0.6) is 0 Å². The van der Waals surface area contributed by atoms with Crippen LogP contribution in [0.1, 0.15) is 18.9 Å². The van der Waals surface area contributed by atoms with Crippen molar-refractivity contribution in [2.45, 2.75) is 25.8 Å². The smallest absolute Gasteiger partial charge is 0.203 e. The molecular formula is C12H16N4O2S. The fraction of sp³-hybridized carbons (Fsp3) is 0.500. The lowest BCUT2D eigenvalue weighted by Crippen LogP contribution is -2.32. The molecule has 19 heavy (non-hydrogen) atoms. The SMILES string of the molecule is Cc1ccnc2c1nc(N)n2C1(C)CCS(=O)(=O)C1. The zero-order chi connectivity index (χ0) is 13.8. The third-order valence-electron chi connectivity index (χ3n) is 3.80. The van der Waals surface area contributed by atoms with Crippen molar-refractivity contribution in [1.82, 2.24) is 14.5 Å². The van der Waals surface area contributed by atoms with E-state index in [-0.39, 0.29) is 11.5 Å². The summed E-state index contributed by atoms with van der Waals surface area (Å²) in [5, 5.41) is 0. The minimum Gasteiger partial charge on any atom is -0.369 e. The summed E-state index contributed by atoms with van der Waals surface area (Å²) in [6.07, 6.45) is 2.24. The molecule has 1 fully saturated rings. The van der Waals surface area contributed by atoms with Crippen molar-refractivity contribution in [3.05, 3.63) is 17.8 Å². The number of hydrogen-bond donors (Lipinski definition) is 1. The summed E-state index contributed by atoms with van der Waals surface area (Å²) >= 11 is 0. The van der Waals surface area contributed by atoms with E-state index in [4.69, 9.17) is 5.73 Å². The molecule has 7 heteroatoms. The molecule has 3 rings (SSSR count). The zero-order valence-electron chi connectivity index (χ0n) is 10.9. The Morgan fingerprint density at radius 3 is 2.84 bits per heavy atom. The van der Waals surface area contributed by atoms with E-state index in [1.54, 1.807) is 10.8 Å². The number of nitrogens with zero attached hydrogens (tertiary/aromatic N) is 3. The summed E-state index contributed by atoms with van der Waals surface area (Å²) in [6, 6.07) is 1.87. The van der Waals surface area contributed by atoms with Crippen LogP contribution in [0.4, 0.5) is 5.95 Å². The summed E-state index contributed by atoms with van der Waals surface area (Å²) in [6.45, 7) is 3.84. The topological polar surface area (TPSA) is 90.9 Å². The predicted molar refractivity (Wildman–Crippen MR) is 73.6 cm³/mol. The Bertz CT molecular complexity index is 765. The van der Waals surface area contributed by atoms with Crippen LogP contribution in [0.15, 0.2) is 12.3 Å². The van der Waals surface area contributed by atoms with Gasteiger partial charge in [0.25, 0.3) is 0 Å². The van der Waals surface area contributed by atoms with Gasteiger partial charge >= 0.3 is 0 Å². The Labute approximate surface area is 111 Å². The van der Waals surface area contributed by atoms with Gasteiger partial charge < -0.3 is 5.73 Å². The average Bonchev–Trinajstić information content (AvgIpc) is 2.77. The fourth-order valence-corrected chi connectivity index (χ4v) is 4.93. The molecule has 1 unspecified atom stereocenters. The van der Waals surface area contributed by atoms with E-state index in [1.807, 2.05) is 19.9 Å². The fourth-order valence-electron chi connectivity index (χ4n) is 2.81. The molecule has 2 aromatic rings. The molecule has 0 aromatic carbocycles. The van der Waals surface area contributed by atoms with E-state index in [2.05, 4.69) is 9.97 Å². The lowest BCUT2D eigenvalue weighted by Gasteiger charge is -2.25. The molecule has 102 valence electrons. The number of rotatable bonds is 1. The van der Waals surface area contributed by atoms with Gasteiger partial charge in [-0.25, -0.2) is 18.4 Å². The van der Waals surface area contributed by atoms with Gasteiger partial charge in [0.1, 0.15) is 5.52 Å². The zero-order valence-corrected chi connectivity index (χ0v) is 11.7. The molecule has 1 aliphatic rings. The van der Waals surface area contributed by atoms with Crippen molar-refractivity contribution in [3.8, 4) is 0 Å². The molecule has 0 saturated carbocycles. The van der Waals surface area contributed by atoms with E-state index in [1.165, 1.54) is 0 Å². The van der Waals surface area contributed by atoms with Crippen molar-refractivity contribution in [3.63, 3.8) is 0 Å². The Balaban J connectivity index is 2.27. The highest BCUT2D eigenvalue weighted by Crippen LogP contribution is 2.35. The Morgan fingerprint density at radius 1 is 1.47 bits per heavy atom. The van der Waals surface area contributed by atoms with Crippen LogP contribution < -0.4 is 5.73 Å². The number of anilines is 1. The summed E-state index contributed by atoms with van der Waals surface area (Å²) in [7, 11) is -3.01. The third kappa shape index (κ3) is 1.80. The van der Waals surface area contributed by atoms with Crippen molar-refractivity contribution >= 4 is 26.9 Å². The first kappa shape index (κ1) is 12.4. The minimum absolute atomic E-state index is 0.0886. The maximum atomic E-state index is 11.8. The molecule has 0 bridgehead atoms. The number of aromatic nitrogens is 3. The first-order valence-electron chi connectivity index (χ1n) is 6.13. The molecule has 1 saturated heterocycles. The first-order chi connectivity index (χ1) is 8.82. The van der Waals surface area contributed by atoms with E-state index in [9.17, 15) is 8.42 Å². The number of nitrogens with two attached hydrogens (primary N) is 1. The van der Waals surface area contributed by atoms with Crippen LogP contribution in [-0.2, 0) is 15.4 Å². The van der Waals surface area contributed by atoms with Crippen molar-refractivity contribution in [1.29, 1.82) is 0 Å². The van der Waals surface area contributed by atoms with E-state index in [0.717, 1.165) is 11.1 Å². The van der Waals surface area contributed by atoms with E-state index < -0.39 is 15.4 Å². The predicted octanol–water partition coefficient (Wildman–Crippen LogP) is 0.856. The van der Waals surface area contributed by atoms with Crippen molar-refractivity contribution in [2.24, 2.45) is 0 Å². The second-order valence-electron chi connectivity index (χ2n) is 5.44. The van der Waals surface area contributed by atoms with Gasteiger partial charge in [-0.15, -0.1) is 0 Å². The quantitative estimate of drug-likeness (QED) is 0.836. The largest absolute Gasteiger partial charge is 0.369 e. The van der Waals surface area contributed by atoms with Gasteiger partial charge in [0.05, 0.1) is 17.0 Å². The Morgan fingerprint density at radius 2 is 2.21 bits per heavy atom. The van der Waals surface area contributed by atoms with Gasteiger partial charge in [0.2, 0.25) is 5.95 Å². The molecule has 1 aliphatic heterocycles. The molecule has 0 spiro atoms. The number of sulfone groups is 1. The van der Waals surface area contributed by atoms with E-state index in [0.29, 0.717) is 18.0 Å². The van der Waals surface area contributed by atoms with Crippen LogP contribution in [0.25, 0.3) is 11.2 Å². The number of aryl methyl sites for hydroxylation is 1. The average molecular weight is 280 g/mol. The van der Waals surface area contributed by atoms with Gasteiger partial charge in [-0.3, -0.25) is 4.57 Å². The van der Waals surface area contributed by atoms with E-state index >= 15 is 0 Å². The highest BCUT2D eigenvalue weighted by Gasteiger charge is 2.42. The van der Waals surface area contributed by atoms with Crippen LogP contribution >= 0.6 is 0 Å². The van der Waals surface area contributed by atoms with Gasteiger partial charge in [0.15, 0.2) is 15.5 Å². The number of nitrogen functional groups attached to an aromatic ring is 1. The molecule has 2 aromatic heterocycles. The highest BCUT2D eigenvalue weighted by atomic mass is 32.2. The molecule has 0 radical (unpaired) electrons. The standard InChI is InChI=1S/C12H16N4O2S/c1-8-3-5-14-10-9(8)15-11(13)16(10)12(2)4-6-19(17,18)7-12/h3,5H,4,6-7H2,1-2H3,(H2,13,15). The summed E-state index contributed by atoms with van der Waals surface area (Å²) in [5.74, 6) is 0.607. The Hall–Kier alpha value is -1.63. The normalized spacial score (nSPS) is 26.0. The van der Waals surface area contributed by atoms with Gasteiger partial charge in [0, 0.05) is 6.20 Å². The second-order valence-corrected chi connectivity index (χ2v) is 7.63. The third-order valence-corrected chi connectivity index (χ3v) is 5.68. The molecule has 0 aliphatic carbocycles. The summed E-state index contributed by atoms with van der Waals surface area (Å²) in [4.78, 5) is 8.66. The van der Waals surface area contributed by atoms with Gasteiger partial charge in [-0.05, 0) is 31.9 Å². The van der Waals surface area contributed by atoms with Crippen molar-refractivity contribution < 1.29 is 8.42 Å². The number of imidazole rings is 1. The molecule has 1 atom stereocenters. The van der Waals surface area contributed by atoms with Crippen LogP contribution in [0, 0.1) is 6.92 Å². The number of pyridine rings is 1. The lowest BCUT2D eigenvalue weighted by molar-refractivity contribution is 0.379. The van der Waals surface area contributed by atoms with Gasteiger partial charge in [-0.1, -0.05) is 0 Å². The number of fused-ring (bicyclic) bond motifs is 1. The maximum absolute atomic E-state index is 11.8. The van der Waals surface area contributed by atoms with Gasteiger partial charge in [-0.2, -0.15) is 0 Å². The summed E-state index contributed by atoms with van der Waals surface area (Å²) in [5.41, 5.74) is 7.83. The molecule has 2 N–H and O–H groups in total. The monoisotopic (exact) mass is 280 g/mol. The molecular weight excluding hydrogens is 264 g/mol.